The molecule has 0 spiro atoms. The molecule has 0 bridgehead atoms. The van der Waals surface area contributed by atoms with Crippen LogP contribution in [0.25, 0.3) is 10.4 Å². The Morgan fingerprint density at radius 1 is 1.29 bits per heavy atom. The highest BCUT2D eigenvalue weighted by Crippen LogP contribution is 2.26. The Labute approximate surface area is 131 Å². The van der Waals surface area contributed by atoms with E-state index < -0.39 is 0 Å². The van der Waals surface area contributed by atoms with Crippen molar-refractivity contribution in [2.45, 2.75) is 39.8 Å². The second-order valence-electron chi connectivity index (χ2n) is 6.31. The van der Waals surface area contributed by atoms with E-state index in [9.17, 15) is 5.11 Å². The summed E-state index contributed by atoms with van der Waals surface area (Å²) in [6.45, 7) is 7.83. The van der Waals surface area contributed by atoms with Crippen molar-refractivity contribution in [2.24, 2.45) is 5.41 Å². The summed E-state index contributed by atoms with van der Waals surface area (Å²) in [5, 5.41) is 14.0. The normalized spacial score (nSPS) is 13.3. The Kier molecular flexibility index (Phi) is 5.51. The number of hydrogen-bond donors (Lipinski definition) is 2. The maximum absolute atomic E-state index is 9.50. The predicted octanol–water partition coefficient (Wildman–Crippen LogP) is 3.70. The van der Waals surface area contributed by atoms with E-state index in [0.29, 0.717) is 0 Å². The summed E-state index contributed by atoms with van der Waals surface area (Å²) in [6.07, 6.45) is 2.48. The van der Waals surface area contributed by atoms with Crippen LogP contribution in [0.2, 0.25) is 0 Å². The van der Waals surface area contributed by atoms with Crippen LogP contribution in [-0.2, 0) is 6.54 Å². The van der Waals surface area contributed by atoms with Crippen LogP contribution in [0.1, 0.15) is 32.2 Å². The van der Waals surface area contributed by atoms with Crippen LogP contribution in [0.5, 0.6) is 0 Å². The third-order valence-electron chi connectivity index (χ3n) is 3.34. The van der Waals surface area contributed by atoms with E-state index in [1.54, 1.807) is 11.3 Å². The molecule has 0 saturated carbocycles. The average Bonchev–Trinajstić information content (AvgIpc) is 2.87. The topological polar surface area (TPSA) is 45.1 Å². The van der Waals surface area contributed by atoms with E-state index >= 15 is 0 Å². The summed E-state index contributed by atoms with van der Waals surface area (Å²) in [4.78, 5) is 5.68. The molecule has 2 N–H and O–H groups in total. The first kappa shape index (κ1) is 16.1. The second kappa shape index (κ2) is 7.16. The quantitative estimate of drug-likeness (QED) is 0.820. The summed E-state index contributed by atoms with van der Waals surface area (Å²) >= 11 is 1.73. The van der Waals surface area contributed by atoms with Gasteiger partial charge in [0.05, 0.1) is 11.0 Å². The van der Waals surface area contributed by atoms with Crippen molar-refractivity contribution in [1.82, 2.24) is 10.3 Å². The molecule has 2 aromatic rings. The molecule has 0 fully saturated rings. The Balaban J connectivity index is 1.86. The number of aliphatic hydroxyl groups excluding tert-OH is 1. The third kappa shape index (κ3) is 5.23. The summed E-state index contributed by atoms with van der Waals surface area (Å²) in [5.41, 5.74) is 1.31. The first-order valence-corrected chi connectivity index (χ1v) is 8.17. The molecule has 21 heavy (non-hydrogen) atoms. The van der Waals surface area contributed by atoms with E-state index in [0.717, 1.165) is 24.5 Å². The first-order chi connectivity index (χ1) is 9.96. The smallest absolute Gasteiger partial charge is 0.107 e. The molecule has 0 aliphatic rings. The minimum absolute atomic E-state index is 0.0910. The number of aromatic nitrogens is 1. The van der Waals surface area contributed by atoms with Crippen LogP contribution < -0.4 is 5.32 Å². The second-order valence-corrected chi connectivity index (χ2v) is 7.42. The Morgan fingerprint density at radius 2 is 2.00 bits per heavy atom. The molecule has 0 saturated heterocycles. The van der Waals surface area contributed by atoms with E-state index in [1.165, 1.54) is 10.4 Å². The molecule has 1 unspecified atom stereocenters. The van der Waals surface area contributed by atoms with Gasteiger partial charge in [-0.2, -0.15) is 0 Å². The molecule has 1 aromatic heterocycles. The minimum Gasteiger partial charge on any atom is -0.393 e. The number of nitrogens with zero attached hydrogens (tertiary/aromatic N) is 1. The zero-order valence-corrected chi connectivity index (χ0v) is 13.8. The molecule has 3 nitrogen and oxygen atoms in total. The van der Waals surface area contributed by atoms with Crippen molar-refractivity contribution < 1.29 is 5.11 Å². The molecule has 0 aliphatic heterocycles. The molecule has 0 radical (unpaired) electrons. The number of aliphatic hydroxyl groups is 1. The fraction of sp³-hybridized carbons (Fsp3) is 0.471. The number of benzene rings is 1. The lowest BCUT2D eigenvalue weighted by Gasteiger charge is -2.26. The fourth-order valence-corrected chi connectivity index (χ4v) is 3.40. The fourth-order valence-electron chi connectivity index (χ4n) is 2.51. The highest BCUT2D eigenvalue weighted by Gasteiger charge is 2.19. The molecule has 4 heteroatoms. The predicted molar refractivity (Wildman–Crippen MR) is 89.3 cm³/mol. The SMILES string of the molecule is CC(O)CC(C)(C)CNCc1ncc(-c2ccccc2)s1. The highest BCUT2D eigenvalue weighted by molar-refractivity contribution is 7.15. The van der Waals surface area contributed by atoms with Gasteiger partial charge in [0.1, 0.15) is 5.01 Å². The third-order valence-corrected chi connectivity index (χ3v) is 4.39. The molecular formula is C17H24N2OS. The van der Waals surface area contributed by atoms with Crippen molar-refractivity contribution in [1.29, 1.82) is 0 Å². The summed E-state index contributed by atoms with van der Waals surface area (Å²) in [6, 6.07) is 10.3. The van der Waals surface area contributed by atoms with E-state index in [4.69, 9.17) is 0 Å². The number of hydrogen-bond acceptors (Lipinski definition) is 4. The molecule has 114 valence electrons. The largest absolute Gasteiger partial charge is 0.393 e. The van der Waals surface area contributed by atoms with Gasteiger partial charge >= 0.3 is 0 Å². The van der Waals surface area contributed by atoms with Crippen molar-refractivity contribution in [3.63, 3.8) is 0 Å². The number of nitrogens with one attached hydrogen (secondary N) is 1. The number of thiazole rings is 1. The van der Waals surface area contributed by atoms with E-state index in [1.807, 2.05) is 31.3 Å². The zero-order chi connectivity index (χ0) is 15.3. The molecule has 1 atom stereocenters. The van der Waals surface area contributed by atoms with Gasteiger partial charge in [0, 0.05) is 19.3 Å². The lowest BCUT2D eigenvalue weighted by molar-refractivity contribution is 0.128. The maximum atomic E-state index is 9.50. The van der Waals surface area contributed by atoms with Gasteiger partial charge in [0.2, 0.25) is 0 Å². The van der Waals surface area contributed by atoms with Gasteiger partial charge in [-0.25, -0.2) is 4.98 Å². The number of rotatable bonds is 7. The van der Waals surface area contributed by atoms with Gasteiger partial charge in [-0.05, 0) is 24.3 Å². The van der Waals surface area contributed by atoms with Gasteiger partial charge in [0.15, 0.2) is 0 Å². The van der Waals surface area contributed by atoms with Crippen molar-refractivity contribution >= 4 is 11.3 Å². The highest BCUT2D eigenvalue weighted by atomic mass is 32.1. The molecule has 0 amide bonds. The van der Waals surface area contributed by atoms with Crippen molar-refractivity contribution in [3.8, 4) is 10.4 Å². The Bertz CT molecular complexity index is 549. The van der Waals surface area contributed by atoms with E-state index in [-0.39, 0.29) is 11.5 Å². The lowest BCUT2D eigenvalue weighted by Crippen LogP contribution is -2.31. The Morgan fingerprint density at radius 3 is 2.67 bits per heavy atom. The van der Waals surface area contributed by atoms with Gasteiger partial charge in [0.25, 0.3) is 0 Å². The summed E-state index contributed by atoms with van der Waals surface area (Å²) in [7, 11) is 0. The van der Waals surface area contributed by atoms with Crippen LogP contribution in [0.4, 0.5) is 0 Å². The van der Waals surface area contributed by atoms with Crippen molar-refractivity contribution in [2.75, 3.05) is 6.54 Å². The zero-order valence-electron chi connectivity index (χ0n) is 13.0. The minimum atomic E-state index is -0.258. The van der Waals surface area contributed by atoms with Gasteiger partial charge in [-0.1, -0.05) is 44.2 Å². The molecule has 2 rings (SSSR count). The molecule has 1 aromatic carbocycles. The molecule has 0 aliphatic carbocycles. The average molecular weight is 304 g/mol. The summed E-state index contributed by atoms with van der Waals surface area (Å²) < 4.78 is 0. The van der Waals surface area contributed by atoms with E-state index in [2.05, 4.69) is 36.3 Å². The van der Waals surface area contributed by atoms with Crippen LogP contribution in [0.3, 0.4) is 0 Å². The van der Waals surface area contributed by atoms with Crippen molar-refractivity contribution in [3.05, 3.63) is 41.5 Å². The van der Waals surface area contributed by atoms with Gasteiger partial charge in [-0.3, -0.25) is 0 Å². The Hall–Kier alpha value is -1.23. The molecular weight excluding hydrogens is 280 g/mol. The van der Waals surface area contributed by atoms with Crippen LogP contribution >= 0.6 is 11.3 Å². The molecule has 1 heterocycles. The van der Waals surface area contributed by atoms with Crippen LogP contribution in [-0.4, -0.2) is 22.7 Å². The standard InChI is InChI=1S/C17H24N2OS/c1-13(20)9-17(2,3)12-18-11-16-19-10-15(21-16)14-7-5-4-6-8-14/h4-8,10,13,18,20H,9,11-12H2,1-3H3. The monoisotopic (exact) mass is 304 g/mol. The van der Waals surface area contributed by atoms with Gasteiger partial charge in [-0.15, -0.1) is 11.3 Å². The van der Waals surface area contributed by atoms with Gasteiger partial charge < -0.3 is 10.4 Å². The van der Waals surface area contributed by atoms with Crippen LogP contribution in [0.15, 0.2) is 36.5 Å². The first-order valence-electron chi connectivity index (χ1n) is 7.35. The lowest BCUT2D eigenvalue weighted by atomic mass is 9.87. The summed E-state index contributed by atoms with van der Waals surface area (Å²) in [5.74, 6) is 0. The van der Waals surface area contributed by atoms with Crippen LogP contribution in [0, 0.1) is 5.41 Å². The maximum Gasteiger partial charge on any atom is 0.107 e.